The van der Waals surface area contributed by atoms with Crippen molar-refractivity contribution < 1.29 is 14.3 Å². The third kappa shape index (κ3) is 7.54. The first-order chi connectivity index (χ1) is 14.9. The van der Waals surface area contributed by atoms with Gasteiger partial charge in [0.1, 0.15) is 11.8 Å². The van der Waals surface area contributed by atoms with Crippen molar-refractivity contribution in [3.8, 4) is 5.75 Å². The zero-order valence-electron chi connectivity index (χ0n) is 18.3. The normalized spacial score (nSPS) is 11.6. The molecule has 0 saturated carbocycles. The van der Waals surface area contributed by atoms with E-state index in [1.165, 1.54) is 0 Å². The molecule has 0 spiro atoms. The van der Waals surface area contributed by atoms with E-state index in [1.807, 2.05) is 38.1 Å². The minimum Gasteiger partial charge on any atom is -0.482 e. The lowest BCUT2D eigenvalue weighted by molar-refractivity contribution is -0.143. The molecule has 0 aliphatic rings. The van der Waals surface area contributed by atoms with Gasteiger partial charge in [-0.05, 0) is 49.1 Å². The quantitative estimate of drug-likeness (QED) is 0.406. The van der Waals surface area contributed by atoms with Gasteiger partial charge < -0.3 is 15.0 Å². The van der Waals surface area contributed by atoms with Crippen molar-refractivity contribution in [2.45, 2.75) is 52.6 Å². The van der Waals surface area contributed by atoms with Gasteiger partial charge in [0.05, 0.1) is 5.02 Å². The maximum Gasteiger partial charge on any atom is 0.261 e. The smallest absolute Gasteiger partial charge is 0.261 e. The van der Waals surface area contributed by atoms with Crippen LogP contribution in [0.25, 0.3) is 0 Å². The lowest BCUT2D eigenvalue weighted by Crippen LogP contribution is -2.50. The van der Waals surface area contributed by atoms with Crippen molar-refractivity contribution in [3.63, 3.8) is 0 Å². The predicted octanol–water partition coefficient (Wildman–Crippen LogP) is 5.51. The van der Waals surface area contributed by atoms with Gasteiger partial charge in [0.15, 0.2) is 6.61 Å². The van der Waals surface area contributed by atoms with E-state index in [9.17, 15) is 9.59 Å². The Balaban J connectivity index is 2.21. The number of benzene rings is 2. The highest BCUT2D eigenvalue weighted by Gasteiger charge is 2.29. The molecule has 0 saturated heterocycles. The minimum atomic E-state index is -0.576. The number of halogens is 2. The highest BCUT2D eigenvalue weighted by molar-refractivity contribution is 9.10. The monoisotopic (exact) mass is 508 g/mol. The van der Waals surface area contributed by atoms with E-state index < -0.39 is 6.04 Å². The van der Waals surface area contributed by atoms with E-state index in [2.05, 4.69) is 28.2 Å². The Morgan fingerprint density at radius 2 is 1.94 bits per heavy atom. The van der Waals surface area contributed by atoms with Crippen LogP contribution in [0.3, 0.4) is 0 Å². The molecule has 0 aromatic heterocycles. The SMILES string of the molecule is CCCCNC(=O)C(CC)N(Cc1ccccc1C)C(=O)COc1ccc(Br)cc1Cl. The second kappa shape index (κ2) is 12.7. The molecule has 5 nitrogen and oxygen atoms in total. The minimum absolute atomic E-state index is 0.139. The Morgan fingerprint density at radius 3 is 2.58 bits per heavy atom. The summed E-state index contributed by atoms with van der Waals surface area (Å²) in [6, 6.07) is 12.5. The molecular formula is C24H30BrClN2O3. The van der Waals surface area contributed by atoms with Gasteiger partial charge in [0, 0.05) is 17.6 Å². The van der Waals surface area contributed by atoms with E-state index in [0.717, 1.165) is 28.4 Å². The molecule has 0 aliphatic heterocycles. The number of unbranched alkanes of at least 4 members (excludes halogenated alkanes) is 1. The van der Waals surface area contributed by atoms with Crippen LogP contribution < -0.4 is 10.1 Å². The molecule has 0 aliphatic carbocycles. The number of carbonyl (C=O) groups is 2. The molecule has 2 amide bonds. The summed E-state index contributed by atoms with van der Waals surface area (Å²) in [5.74, 6) is 0.0220. The van der Waals surface area contributed by atoms with E-state index in [1.54, 1.807) is 23.1 Å². The van der Waals surface area contributed by atoms with Gasteiger partial charge in [-0.25, -0.2) is 0 Å². The van der Waals surface area contributed by atoms with Crippen LogP contribution in [-0.2, 0) is 16.1 Å². The van der Waals surface area contributed by atoms with Crippen molar-refractivity contribution in [1.82, 2.24) is 10.2 Å². The number of aryl methyl sites for hydroxylation is 1. The number of carbonyl (C=O) groups excluding carboxylic acids is 2. The molecule has 2 aromatic carbocycles. The third-order valence-electron chi connectivity index (χ3n) is 5.06. The maximum absolute atomic E-state index is 13.2. The number of nitrogens with one attached hydrogen (secondary N) is 1. The van der Waals surface area contributed by atoms with E-state index >= 15 is 0 Å². The van der Waals surface area contributed by atoms with E-state index in [-0.39, 0.29) is 18.4 Å². The summed E-state index contributed by atoms with van der Waals surface area (Å²) in [6.07, 6.45) is 2.40. The Labute approximate surface area is 198 Å². The number of hydrogen-bond donors (Lipinski definition) is 1. The Kier molecular flexibility index (Phi) is 10.3. The summed E-state index contributed by atoms with van der Waals surface area (Å²) in [5, 5.41) is 3.37. The van der Waals surface area contributed by atoms with Crippen LogP contribution in [0.15, 0.2) is 46.9 Å². The van der Waals surface area contributed by atoms with Crippen molar-refractivity contribution in [2.24, 2.45) is 0 Å². The van der Waals surface area contributed by atoms with Crippen LogP contribution in [0, 0.1) is 6.92 Å². The second-order valence-electron chi connectivity index (χ2n) is 7.38. The molecule has 0 radical (unpaired) electrons. The van der Waals surface area contributed by atoms with Crippen LogP contribution in [0.4, 0.5) is 0 Å². The fraction of sp³-hybridized carbons (Fsp3) is 0.417. The van der Waals surface area contributed by atoms with Gasteiger partial charge in [-0.15, -0.1) is 0 Å². The summed E-state index contributed by atoms with van der Waals surface area (Å²) in [4.78, 5) is 27.7. The molecule has 31 heavy (non-hydrogen) atoms. The van der Waals surface area contributed by atoms with Crippen molar-refractivity contribution >= 4 is 39.3 Å². The zero-order valence-corrected chi connectivity index (χ0v) is 20.6. The number of amides is 2. The van der Waals surface area contributed by atoms with Crippen molar-refractivity contribution in [3.05, 3.63) is 63.1 Å². The van der Waals surface area contributed by atoms with Crippen LogP contribution in [0.2, 0.25) is 5.02 Å². The van der Waals surface area contributed by atoms with Crippen LogP contribution >= 0.6 is 27.5 Å². The van der Waals surface area contributed by atoms with Gasteiger partial charge in [-0.3, -0.25) is 9.59 Å². The van der Waals surface area contributed by atoms with Gasteiger partial charge >= 0.3 is 0 Å². The van der Waals surface area contributed by atoms with Gasteiger partial charge in [0.2, 0.25) is 5.91 Å². The standard InChI is InChI=1S/C24H30BrClN2O3/c1-4-6-13-27-24(30)21(5-2)28(15-18-10-8-7-9-17(18)3)23(29)16-31-22-12-11-19(25)14-20(22)26/h7-12,14,21H,4-6,13,15-16H2,1-3H3,(H,27,30). The maximum atomic E-state index is 13.2. The average Bonchev–Trinajstić information content (AvgIpc) is 2.74. The lowest BCUT2D eigenvalue weighted by Gasteiger charge is -2.31. The average molecular weight is 510 g/mol. The zero-order chi connectivity index (χ0) is 22.8. The topological polar surface area (TPSA) is 58.6 Å². The molecule has 1 atom stereocenters. The Hall–Kier alpha value is -2.05. The summed E-state index contributed by atoms with van der Waals surface area (Å²) in [7, 11) is 0. The van der Waals surface area contributed by atoms with Gasteiger partial charge in [-0.2, -0.15) is 0 Å². The number of hydrogen-bond acceptors (Lipinski definition) is 3. The van der Waals surface area contributed by atoms with Crippen LogP contribution in [0.1, 0.15) is 44.2 Å². The number of rotatable bonds is 11. The fourth-order valence-electron chi connectivity index (χ4n) is 3.21. The van der Waals surface area contributed by atoms with Crippen LogP contribution in [-0.4, -0.2) is 35.9 Å². The van der Waals surface area contributed by atoms with Crippen molar-refractivity contribution in [2.75, 3.05) is 13.2 Å². The summed E-state index contributed by atoms with van der Waals surface area (Å²) < 4.78 is 6.53. The summed E-state index contributed by atoms with van der Waals surface area (Å²) >= 11 is 9.56. The molecule has 168 valence electrons. The Bertz CT molecular complexity index is 891. The first kappa shape index (κ1) is 25.2. The molecule has 7 heteroatoms. The summed E-state index contributed by atoms with van der Waals surface area (Å²) in [5.41, 5.74) is 2.07. The number of ether oxygens (including phenoxy) is 1. The predicted molar refractivity (Wildman–Crippen MR) is 128 cm³/mol. The first-order valence-electron chi connectivity index (χ1n) is 10.6. The molecule has 2 aromatic rings. The Morgan fingerprint density at radius 1 is 1.19 bits per heavy atom. The third-order valence-corrected chi connectivity index (χ3v) is 5.85. The molecular weight excluding hydrogens is 480 g/mol. The first-order valence-corrected chi connectivity index (χ1v) is 11.7. The highest BCUT2D eigenvalue weighted by Crippen LogP contribution is 2.28. The lowest BCUT2D eigenvalue weighted by atomic mass is 10.1. The van der Waals surface area contributed by atoms with Crippen LogP contribution in [0.5, 0.6) is 5.75 Å². The van der Waals surface area contributed by atoms with E-state index in [0.29, 0.717) is 30.3 Å². The summed E-state index contributed by atoms with van der Waals surface area (Å²) in [6.45, 7) is 6.72. The fourth-order valence-corrected chi connectivity index (χ4v) is 3.94. The molecule has 0 heterocycles. The highest BCUT2D eigenvalue weighted by atomic mass is 79.9. The largest absolute Gasteiger partial charge is 0.482 e. The second-order valence-corrected chi connectivity index (χ2v) is 8.70. The van der Waals surface area contributed by atoms with E-state index in [4.69, 9.17) is 16.3 Å². The molecule has 1 N–H and O–H groups in total. The molecule has 2 rings (SSSR count). The van der Waals surface area contributed by atoms with Crippen molar-refractivity contribution in [1.29, 1.82) is 0 Å². The molecule has 0 fully saturated rings. The number of nitrogens with zero attached hydrogens (tertiary/aromatic N) is 1. The van der Waals surface area contributed by atoms with Gasteiger partial charge in [-0.1, -0.05) is 72.1 Å². The molecule has 1 unspecified atom stereocenters. The molecule has 0 bridgehead atoms. The van der Waals surface area contributed by atoms with Gasteiger partial charge in [0.25, 0.3) is 5.91 Å².